The fourth-order valence-corrected chi connectivity index (χ4v) is 2.54. The maximum atomic E-state index is 6.18. The molecule has 0 aliphatic carbocycles. The molecule has 1 atom stereocenters. The van der Waals surface area contributed by atoms with E-state index in [0.29, 0.717) is 17.6 Å². The first-order valence-corrected chi connectivity index (χ1v) is 6.51. The van der Waals surface area contributed by atoms with Crippen LogP contribution in [0.25, 0.3) is 0 Å². The van der Waals surface area contributed by atoms with E-state index in [1.807, 2.05) is 12.1 Å². The molecule has 1 heterocycles. The van der Waals surface area contributed by atoms with Gasteiger partial charge in [0.15, 0.2) is 0 Å². The molecule has 1 aliphatic rings. The van der Waals surface area contributed by atoms with Gasteiger partial charge in [-0.3, -0.25) is 4.90 Å². The first kappa shape index (κ1) is 12.9. The molecule has 1 aromatic rings. The van der Waals surface area contributed by atoms with Gasteiger partial charge >= 0.3 is 0 Å². The summed E-state index contributed by atoms with van der Waals surface area (Å²) in [6.07, 6.45) is 5.44. The van der Waals surface area contributed by atoms with E-state index in [0.717, 1.165) is 30.1 Å². The van der Waals surface area contributed by atoms with Gasteiger partial charge in [0.1, 0.15) is 0 Å². The van der Waals surface area contributed by atoms with Crippen LogP contribution < -0.4 is 5.73 Å². The van der Waals surface area contributed by atoms with Crippen LogP contribution in [0, 0.1) is 0 Å². The lowest BCUT2D eigenvalue weighted by atomic mass is 10.1. The minimum Gasteiger partial charge on any atom is -0.329 e. The predicted molar refractivity (Wildman–Crippen MR) is 73.5 cm³/mol. The van der Waals surface area contributed by atoms with Crippen molar-refractivity contribution in [2.24, 2.45) is 5.73 Å². The van der Waals surface area contributed by atoms with Crippen molar-refractivity contribution >= 4 is 23.2 Å². The molecular weight excluding hydrogens is 255 g/mol. The van der Waals surface area contributed by atoms with Gasteiger partial charge in [-0.2, -0.15) is 0 Å². The summed E-state index contributed by atoms with van der Waals surface area (Å²) in [6, 6.07) is 5.96. The van der Waals surface area contributed by atoms with E-state index in [1.165, 1.54) is 0 Å². The van der Waals surface area contributed by atoms with Crippen molar-refractivity contribution in [3.8, 4) is 0 Å². The van der Waals surface area contributed by atoms with Crippen molar-refractivity contribution < 1.29 is 0 Å². The third-order valence-corrected chi connectivity index (χ3v) is 3.63. The summed E-state index contributed by atoms with van der Waals surface area (Å²) in [7, 11) is 0. The van der Waals surface area contributed by atoms with Gasteiger partial charge in [-0.15, -0.1) is 0 Å². The van der Waals surface area contributed by atoms with Crippen LogP contribution in [-0.4, -0.2) is 24.0 Å². The number of rotatable bonds is 3. The molecule has 2 nitrogen and oxygen atoms in total. The van der Waals surface area contributed by atoms with Crippen LogP contribution in [-0.2, 0) is 6.54 Å². The second kappa shape index (κ2) is 5.87. The summed E-state index contributed by atoms with van der Waals surface area (Å²) in [5, 5.41) is 1.40. The van der Waals surface area contributed by atoms with Gasteiger partial charge in [0.05, 0.1) is 0 Å². The molecule has 4 heteroatoms. The van der Waals surface area contributed by atoms with Gasteiger partial charge in [-0.1, -0.05) is 41.4 Å². The molecule has 0 bridgehead atoms. The van der Waals surface area contributed by atoms with E-state index >= 15 is 0 Å². The largest absolute Gasteiger partial charge is 0.329 e. The summed E-state index contributed by atoms with van der Waals surface area (Å²) in [4.78, 5) is 2.34. The number of nitrogens with two attached hydrogens (primary N) is 1. The summed E-state index contributed by atoms with van der Waals surface area (Å²) in [5.41, 5.74) is 6.86. The summed E-state index contributed by atoms with van der Waals surface area (Å²) >= 11 is 12.1. The molecule has 1 aromatic carbocycles. The first-order chi connectivity index (χ1) is 8.20. The van der Waals surface area contributed by atoms with Crippen molar-refractivity contribution in [1.82, 2.24) is 4.90 Å². The Balaban J connectivity index is 2.12. The SMILES string of the molecule is NCC1C=CCCN1Cc1ccc(Cl)cc1Cl. The topological polar surface area (TPSA) is 29.3 Å². The minimum atomic E-state index is 0.315. The molecular formula is C13H16Cl2N2. The highest BCUT2D eigenvalue weighted by Crippen LogP contribution is 2.23. The average molecular weight is 271 g/mol. The third kappa shape index (κ3) is 3.23. The van der Waals surface area contributed by atoms with Crippen molar-refractivity contribution in [2.45, 2.75) is 19.0 Å². The fraction of sp³-hybridized carbons (Fsp3) is 0.385. The molecule has 92 valence electrons. The van der Waals surface area contributed by atoms with E-state index in [1.54, 1.807) is 6.07 Å². The molecule has 0 spiro atoms. The monoisotopic (exact) mass is 270 g/mol. The zero-order valence-corrected chi connectivity index (χ0v) is 11.1. The van der Waals surface area contributed by atoms with E-state index in [-0.39, 0.29) is 0 Å². The molecule has 2 rings (SSSR count). The van der Waals surface area contributed by atoms with E-state index in [9.17, 15) is 0 Å². The van der Waals surface area contributed by atoms with Crippen LogP contribution in [0.15, 0.2) is 30.4 Å². The Kier molecular flexibility index (Phi) is 4.46. The van der Waals surface area contributed by atoms with Crippen molar-refractivity contribution in [1.29, 1.82) is 0 Å². The van der Waals surface area contributed by atoms with Crippen molar-refractivity contribution in [2.75, 3.05) is 13.1 Å². The Morgan fingerprint density at radius 3 is 2.88 bits per heavy atom. The van der Waals surface area contributed by atoms with E-state index < -0.39 is 0 Å². The lowest BCUT2D eigenvalue weighted by Gasteiger charge is -2.31. The molecule has 1 unspecified atom stereocenters. The van der Waals surface area contributed by atoms with Gasteiger partial charge < -0.3 is 5.73 Å². The number of hydrogen-bond donors (Lipinski definition) is 1. The van der Waals surface area contributed by atoms with Gasteiger partial charge in [0.25, 0.3) is 0 Å². The fourth-order valence-electron chi connectivity index (χ4n) is 2.07. The minimum absolute atomic E-state index is 0.315. The summed E-state index contributed by atoms with van der Waals surface area (Å²) < 4.78 is 0. The highest BCUT2D eigenvalue weighted by atomic mass is 35.5. The third-order valence-electron chi connectivity index (χ3n) is 3.04. The van der Waals surface area contributed by atoms with Crippen molar-refractivity contribution in [3.63, 3.8) is 0 Å². The van der Waals surface area contributed by atoms with Crippen LogP contribution in [0.2, 0.25) is 10.0 Å². The molecule has 17 heavy (non-hydrogen) atoms. The molecule has 0 fully saturated rings. The molecule has 1 aliphatic heterocycles. The Bertz CT molecular complexity index is 418. The van der Waals surface area contributed by atoms with Gasteiger partial charge in [0.2, 0.25) is 0 Å². The van der Waals surface area contributed by atoms with Crippen LogP contribution in [0.1, 0.15) is 12.0 Å². The lowest BCUT2D eigenvalue weighted by molar-refractivity contribution is 0.218. The Morgan fingerprint density at radius 2 is 2.18 bits per heavy atom. The second-order valence-corrected chi connectivity index (χ2v) is 5.07. The molecule has 0 aromatic heterocycles. The van der Waals surface area contributed by atoms with Gasteiger partial charge in [-0.05, 0) is 24.1 Å². The normalized spacial score (nSPS) is 20.8. The number of benzene rings is 1. The lowest BCUT2D eigenvalue weighted by Crippen LogP contribution is -2.41. The van der Waals surface area contributed by atoms with Crippen LogP contribution >= 0.6 is 23.2 Å². The van der Waals surface area contributed by atoms with Crippen LogP contribution in [0.5, 0.6) is 0 Å². The molecule has 0 amide bonds. The number of nitrogens with zero attached hydrogens (tertiary/aromatic N) is 1. The Hall–Kier alpha value is -0.540. The zero-order chi connectivity index (χ0) is 12.3. The molecule has 2 N–H and O–H groups in total. The molecule has 0 saturated heterocycles. The van der Waals surface area contributed by atoms with Crippen molar-refractivity contribution in [3.05, 3.63) is 46.0 Å². The number of hydrogen-bond acceptors (Lipinski definition) is 2. The summed E-state index contributed by atoms with van der Waals surface area (Å²) in [6.45, 7) is 2.49. The summed E-state index contributed by atoms with van der Waals surface area (Å²) in [5.74, 6) is 0. The Morgan fingerprint density at radius 1 is 1.35 bits per heavy atom. The highest BCUT2D eigenvalue weighted by Gasteiger charge is 2.18. The van der Waals surface area contributed by atoms with Gasteiger partial charge in [-0.25, -0.2) is 0 Å². The van der Waals surface area contributed by atoms with Crippen LogP contribution in [0.4, 0.5) is 0 Å². The maximum Gasteiger partial charge on any atom is 0.0465 e. The number of halogens is 2. The second-order valence-electron chi connectivity index (χ2n) is 4.23. The Labute approximate surface area is 112 Å². The highest BCUT2D eigenvalue weighted by molar-refractivity contribution is 6.35. The van der Waals surface area contributed by atoms with Crippen LogP contribution in [0.3, 0.4) is 0 Å². The maximum absolute atomic E-state index is 6.18. The first-order valence-electron chi connectivity index (χ1n) is 5.75. The average Bonchev–Trinajstić information content (AvgIpc) is 2.33. The van der Waals surface area contributed by atoms with Gasteiger partial charge in [0, 0.05) is 35.7 Å². The van der Waals surface area contributed by atoms with E-state index in [2.05, 4.69) is 17.1 Å². The quantitative estimate of drug-likeness (QED) is 0.856. The molecule has 0 radical (unpaired) electrons. The predicted octanol–water partition coefficient (Wildman–Crippen LogP) is 3.08. The smallest absolute Gasteiger partial charge is 0.0465 e. The zero-order valence-electron chi connectivity index (χ0n) is 9.57. The molecule has 0 saturated carbocycles. The van der Waals surface area contributed by atoms with E-state index in [4.69, 9.17) is 28.9 Å². The standard InChI is InChI=1S/C13H16Cl2N2/c14-11-5-4-10(13(15)7-11)9-17-6-2-1-3-12(17)8-16/h1,3-5,7,12H,2,6,8-9,16H2.